The van der Waals surface area contributed by atoms with E-state index < -0.39 is 0 Å². The van der Waals surface area contributed by atoms with Gasteiger partial charge in [0.05, 0.1) is 17.3 Å². The van der Waals surface area contributed by atoms with E-state index in [1.165, 1.54) is 18.4 Å². The summed E-state index contributed by atoms with van der Waals surface area (Å²) in [5.74, 6) is 0.895. The third-order valence-electron chi connectivity index (χ3n) is 4.58. The van der Waals surface area contributed by atoms with Crippen LogP contribution in [0.5, 0.6) is 5.75 Å². The van der Waals surface area contributed by atoms with Crippen LogP contribution in [-0.2, 0) is 6.42 Å². The average Bonchev–Trinajstić information content (AvgIpc) is 2.72. The molecule has 0 heterocycles. The highest BCUT2D eigenvalue weighted by Gasteiger charge is 2.22. The summed E-state index contributed by atoms with van der Waals surface area (Å²) in [5.41, 5.74) is 9.96. The van der Waals surface area contributed by atoms with E-state index in [4.69, 9.17) is 26.6 Å². The van der Waals surface area contributed by atoms with Gasteiger partial charge in [0.1, 0.15) is 17.7 Å². The predicted molar refractivity (Wildman–Crippen MR) is 111 cm³/mol. The van der Waals surface area contributed by atoms with Crippen LogP contribution in [0.2, 0.25) is 0 Å². The van der Waals surface area contributed by atoms with Crippen LogP contribution in [0.1, 0.15) is 41.2 Å². The van der Waals surface area contributed by atoms with Gasteiger partial charge in [-0.15, -0.1) is 0 Å². The fourth-order valence-electron chi connectivity index (χ4n) is 3.26. The molecule has 0 aliphatic heterocycles. The van der Waals surface area contributed by atoms with Crippen molar-refractivity contribution in [3.05, 3.63) is 70.8 Å². The molecule has 6 nitrogen and oxygen atoms in total. The number of amidine groups is 1. The number of nitrogens with zero attached hydrogens (tertiary/aromatic N) is 2. The van der Waals surface area contributed by atoms with E-state index >= 15 is 0 Å². The molecule has 4 N–H and O–H groups in total. The number of hydrogen-bond donors (Lipinski definition) is 3. The summed E-state index contributed by atoms with van der Waals surface area (Å²) in [6.07, 6.45) is 8.10. The Hall–Kier alpha value is -3.72. The van der Waals surface area contributed by atoms with Crippen molar-refractivity contribution < 1.29 is 4.74 Å². The smallest absolute Gasteiger partial charge is 0.124 e. The molecule has 0 spiro atoms. The van der Waals surface area contributed by atoms with Crippen molar-refractivity contribution in [1.29, 1.82) is 16.1 Å². The Labute approximate surface area is 164 Å². The van der Waals surface area contributed by atoms with Crippen molar-refractivity contribution in [2.45, 2.75) is 25.4 Å². The van der Waals surface area contributed by atoms with Gasteiger partial charge in [0.25, 0.3) is 0 Å². The highest BCUT2D eigenvalue weighted by Crippen LogP contribution is 2.35. The lowest BCUT2D eigenvalue weighted by atomic mass is 9.88. The lowest BCUT2D eigenvalue weighted by Gasteiger charge is -2.26. The maximum atomic E-state index is 9.11. The fraction of sp³-hybridized carbons (Fsp3) is 0.182. The SMILES string of the molecule is N#Cc1ccc2c(c1)CCCC2Oc1ccc(C=N)c(N=C(N)/C=C\C=N)c1. The molecule has 1 aliphatic carbocycles. The summed E-state index contributed by atoms with van der Waals surface area (Å²) in [7, 11) is 0. The largest absolute Gasteiger partial charge is 0.486 e. The van der Waals surface area contributed by atoms with Gasteiger partial charge in [-0.2, -0.15) is 5.26 Å². The van der Waals surface area contributed by atoms with Crippen molar-refractivity contribution in [3.8, 4) is 11.8 Å². The monoisotopic (exact) mass is 371 g/mol. The average molecular weight is 371 g/mol. The van der Waals surface area contributed by atoms with Crippen molar-refractivity contribution in [2.75, 3.05) is 0 Å². The normalized spacial score (nSPS) is 16.2. The molecule has 0 radical (unpaired) electrons. The summed E-state index contributed by atoms with van der Waals surface area (Å²) < 4.78 is 6.24. The number of nitrogens with two attached hydrogens (primary N) is 1. The minimum absolute atomic E-state index is 0.0886. The van der Waals surface area contributed by atoms with Gasteiger partial charge in [-0.05, 0) is 66.8 Å². The Morgan fingerprint density at radius 2 is 2.11 bits per heavy atom. The molecule has 0 aromatic heterocycles. The Morgan fingerprint density at radius 1 is 1.25 bits per heavy atom. The first-order valence-corrected chi connectivity index (χ1v) is 9.00. The molecule has 6 heteroatoms. The molecule has 0 fully saturated rings. The molecule has 0 saturated carbocycles. The van der Waals surface area contributed by atoms with Crippen LogP contribution >= 0.6 is 0 Å². The van der Waals surface area contributed by atoms with Crippen molar-refractivity contribution in [2.24, 2.45) is 10.7 Å². The van der Waals surface area contributed by atoms with Gasteiger partial charge in [0.2, 0.25) is 0 Å². The molecule has 140 valence electrons. The number of ether oxygens (including phenoxy) is 1. The first-order valence-electron chi connectivity index (χ1n) is 9.00. The standard InChI is InChI=1S/C22H21N5O/c23-10-2-5-22(26)27-20-12-18(8-7-17(20)14-25)28-21-4-1-3-16-11-15(13-24)6-9-19(16)21/h2,5-12,14,21,23,25H,1,3-4H2,(H2,26,27)/b5-2-,23-10?,25-14?. The van der Waals surface area contributed by atoms with E-state index in [0.29, 0.717) is 22.6 Å². The number of aryl methyl sites for hydroxylation is 1. The quantitative estimate of drug-likeness (QED) is 0.521. The Morgan fingerprint density at radius 3 is 2.86 bits per heavy atom. The van der Waals surface area contributed by atoms with Crippen molar-refractivity contribution in [3.63, 3.8) is 0 Å². The summed E-state index contributed by atoms with van der Waals surface area (Å²) in [4.78, 5) is 4.33. The number of nitriles is 1. The molecular formula is C22H21N5O. The second-order valence-corrected chi connectivity index (χ2v) is 6.45. The van der Waals surface area contributed by atoms with Gasteiger partial charge >= 0.3 is 0 Å². The summed E-state index contributed by atoms with van der Waals surface area (Å²) in [5, 5.41) is 23.7. The van der Waals surface area contributed by atoms with Crippen LogP contribution in [0, 0.1) is 22.1 Å². The zero-order valence-corrected chi connectivity index (χ0v) is 15.4. The van der Waals surface area contributed by atoms with Crippen molar-refractivity contribution >= 4 is 24.0 Å². The Bertz CT molecular complexity index is 1000. The van der Waals surface area contributed by atoms with Crippen LogP contribution in [0.3, 0.4) is 0 Å². The zero-order valence-electron chi connectivity index (χ0n) is 15.4. The van der Waals surface area contributed by atoms with E-state index in [1.807, 2.05) is 24.3 Å². The molecule has 3 rings (SSSR count). The summed E-state index contributed by atoms with van der Waals surface area (Å²) >= 11 is 0. The van der Waals surface area contributed by atoms with Crippen LogP contribution < -0.4 is 10.5 Å². The molecule has 0 saturated heterocycles. The predicted octanol–water partition coefficient (Wildman–Crippen LogP) is 4.21. The first-order chi connectivity index (χ1) is 13.6. The molecule has 1 aliphatic rings. The number of hydrogen-bond acceptors (Lipinski definition) is 5. The van der Waals surface area contributed by atoms with E-state index in [2.05, 4.69) is 11.1 Å². The molecular weight excluding hydrogens is 350 g/mol. The third-order valence-corrected chi connectivity index (χ3v) is 4.58. The van der Waals surface area contributed by atoms with Crippen LogP contribution in [-0.4, -0.2) is 18.3 Å². The van der Waals surface area contributed by atoms with Gasteiger partial charge in [-0.25, -0.2) is 4.99 Å². The van der Waals surface area contributed by atoms with Crippen molar-refractivity contribution in [1.82, 2.24) is 0 Å². The fourth-order valence-corrected chi connectivity index (χ4v) is 3.26. The molecule has 2 aromatic carbocycles. The molecule has 1 unspecified atom stereocenters. The molecule has 0 amide bonds. The first kappa shape index (κ1) is 19.1. The molecule has 2 aromatic rings. The third kappa shape index (κ3) is 4.33. The Kier molecular flexibility index (Phi) is 5.97. The second kappa shape index (κ2) is 8.78. The van der Waals surface area contributed by atoms with Gasteiger partial charge in [-0.3, -0.25) is 0 Å². The molecule has 0 bridgehead atoms. The minimum atomic E-state index is -0.0886. The van der Waals surface area contributed by atoms with E-state index in [0.717, 1.165) is 36.6 Å². The number of benzene rings is 2. The lowest BCUT2D eigenvalue weighted by Crippen LogP contribution is -2.15. The maximum absolute atomic E-state index is 9.11. The highest BCUT2D eigenvalue weighted by atomic mass is 16.5. The van der Waals surface area contributed by atoms with Gasteiger partial charge in [0.15, 0.2) is 0 Å². The number of aliphatic imine (C=N–C) groups is 1. The van der Waals surface area contributed by atoms with E-state index in [-0.39, 0.29) is 11.9 Å². The van der Waals surface area contributed by atoms with E-state index in [9.17, 15) is 0 Å². The van der Waals surface area contributed by atoms with Gasteiger partial charge in [-0.1, -0.05) is 6.07 Å². The Balaban J connectivity index is 1.89. The summed E-state index contributed by atoms with van der Waals surface area (Å²) in [6.45, 7) is 0. The topological polar surface area (TPSA) is 119 Å². The van der Waals surface area contributed by atoms with Gasteiger partial charge < -0.3 is 21.3 Å². The second-order valence-electron chi connectivity index (χ2n) is 6.45. The van der Waals surface area contributed by atoms with Crippen LogP contribution in [0.25, 0.3) is 0 Å². The lowest BCUT2D eigenvalue weighted by molar-refractivity contribution is 0.183. The zero-order chi connectivity index (χ0) is 19.9. The number of fused-ring (bicyclic) bond motifs is 1. The molecule has 28 heavy (non-hydrogen) atoms. The number of nitrogens with one attached hydrogen (secondary N) is 2. The van der Waals surface area contributed by atoms with Crippen LogP contribution in [0.4, 0.5) is 5.69 Å². The van der Waals surface area contributed by atoms with Gasteiger partial charge in [0, 0.05) is 24.1 Å². The number of allylic oxidation sites excluding steroid dienone is 1. The van der Waals surface area contributed by atoms with Crippen LogP contribution in [0.15, 0.2) is 53.5 Å². The minimum Gasteiger partial charge on any atom is -0.486 e. The maximum Gasteiger partial charge on any atom is 0.124 e. The molecule has 1 atom stereocenters. The highest BCUT2D eigenvalue weighted by molar-refractivity contribution is 5.97. The number of rotatable bonds is 6. The summed E-state index contributed by atoms with van der Waals surface area (Å²) in [6, 6.07) is 13.3. The van der Waals surface area contributed by atoms with E-state index in [1.54, 1.807) is 12.1 Å².